The number of aromatic nitrogens is 1. The van der Waals surface area contributed by atoms with E-state index >= 15 is 0 Å². The van der Waals surface area contributed by atoms with E-state index < -0.39 is 30.4 Å². The second-order valence-electron chi connectivity index (χ2n) is 3.54. The van der Waals surface area contributed by atoms with E-state index in [0.717, 1.165) is 12.3 Å². The Labute approximate surface area is 108 Å². The number of aliphatic hydroxyl groups excluding tert-OH is 2. The Bertz CT molecular complexity index is 430. The molecule has 1 heterocycles. The minimum absolute atomic E-state index is 0.0725. The van der Waals surface area contributed by atoms with Gasteiger partial charge in [0, 0.05) is 6.20 Å². The molecule has 0 fully saturated rings. The van der Waals surface area contributed by atoms with Gasteiger partial charge in [0.2, 0.25) is 0 Å². The van der Waals surface area contributed by atoms with Crippen LogP contribution >= 0.6 is 11.6 Å². The molecule has 5 nitrogen and oxygen atoms in total. The first kappa shape index (κ1) is 14.8. The molecule has 0 aliphatic heterocycles. The van der Waals surface area contributed by atoms with Gasteiger partial charge in [-0.2, -0.15) is 0 Å². The van der Waals surface area contributed by atoms with Crippen molar-refractivity contribution in [3.05, 3.63) is 28.8 Å². The standard InChI is InChI=1S/C11H13ClFNO4/c1-2-18-9(16)4-8(15)11(17)10-7(13)3-6(12)5-14-10/h3,5,8,11,15,17H,2,4H2,1H3. The normalized spacial score (nSPS) is 14.1. The van der Waals surface area contributed by atoms with Gasteiger partial charge in [-0.1, -0.05) is 11.6 Å². The number of nitrogens with zero attached hydrogens (tertiary/aromatic N) is 1. The van der Waals surface area contributed by atoms with Crippen molar-refractivity contribution in [3.8, 4) is 0 Å². The van der Waals surface area contributed by atoms with Crippen molar-refractivity contribution < 1.29 is 24.1 Å². The molecule has 0 aliphatic carbocycles. The fourth-order valence-electron chi connectivity index (χ4n) is 1.33. The summed E-state index contributed by atoms with van der Waals surface area (Å²) in [6, 6.07) is 0.962. The van der Waals surface area contributed by atoms with Crippen molar-refractivity contribution in [1.82, 2.24) is 4.98 Å². The molecule has 0 aromatic carbocycles. The Morgan fingerprint density at radius 1 is 1.61 bits per heavy atom. The summed E-state index contributed by atoms with van der Waals surface area (Å²) in [6.45, 7) is 1.77. The molecule has 7 heteroatoms. The lowest BCUT2D eigenvalue weighted by Gasteiger charge is -2.17. The third-order valence-electron chi connectivity index (χ3n) is 2.16. The van der Waals surface area contributed by atoms with Crippen molar-refractivity contribution in [2.75, 3.05) is 6.61 Å². The maximum Gasteiger partial charge on any atom is 0.308 e. The molecular formula is C11H13ClFNO4. The summed E-state index contributed by atoms with van der Waals surface area (Å²) in [5.74, 6) is -1.53. The molecule has 0 bridgehead atoms. The van der Waals surface area contributed by atoms with E-state index in [2.05, 4.69) is 9.72 Å². The van der Waals surface area contributed by atoms with Crippen molar-refractivity contribution in [2.24, 2.45) is 0 Å². The first-order valence-electron chi connectivity index (χ1n) is 5.28. The summed E-state index contributed by atoms with van der Waals surface area (Å²) < 4.78 is 18.0. The molecule has 0 amide bonds. The van der Waals surface area contributed by atoms with E-state index in [4.69, 9.17) is 11.6 Å². The SMILES string of the molecule is CCOC(=O)CC(O)C(O)c1ncc(Cl)cc1F. The van der Waals surface area contributed by atoms with Crippen LogP contribution in [0.5, 0.6) is 0 Å². The van der Waals surface area contributed by atoms with Crippen molar-refractivity contribution in [2.45, 2.75) is 25.6 Å². The zero-order chi connectivity index (χ0) is 13.7. The average molecular weight is 278 g/mol. The first-order chi connectivity index (χ1) is 8.45. The molecule has 1 aromatic heterocycles. The highest BCUT2D eigenvalue weighted by molar-refractivity contribution is 6.30. The molecule has 18 heavy (non-hydrogen) atoms. The Kier molecular flexibility index (Phi) is 5.46. The highest BCUT2D eigenvalue weighted by Gasteiger charge is 2.25. The van der Waals surface area contributed by atoms with Crippen molar-refractivity contribution in [3.63, 3.8) is 0 Å². The van der Waals surface area contributed by atoms with Gasteiger partial charge >= 0.3 is 5.97 Å². The molecular weight excluding hydrogens is 265 g/mol. The molecule has 1 rings (SSSR count). The van der Waals surface area contributed by atoms with Gasteiger partial charge in [-0.15, -0.1) is 0 Å². The van der Waals surface area contributed by atoms with E-state index in [1.807, 2.05) is 0 Å². The summed E-state index contributed by atoms with van der Waals surface area (Å²) in [5, 5.41) is 19.3. The molecule has 0 spiro atoms. The van der Waals surface area contributed by atoms with Crippen LogP contribution in [0.1, 0.15) is 25.1 Å². The Hall–Kier alpha value is -1.24. The maximum absolute atomic E-state index is 13.4. The molecule has 100 valence electrons. The third-order valence-corrected chi connectivity index (χ3v) is 2.37. The van der Waals surface area contributed by atoms with Gasteiger partial charge < -0.3 is 14.9 Å². The third kappa shape index (κ3) is 3.90. The summed E-state index contributed by atoms with van der Waals surface area (Å²) in [7, 11) is 0. The zero-order valence-corrected chi connectivity index (χ0v) is 10.4. The van der Waals surface area contributed by atoms with Crippen LogP contribution in [0.3, 0.4) is 0 Å². The van der Waals surface area contributed by atoms with Gasteiger partial charge in [0.1, 0.15) is 17.6 Å². The van der Waals surface area contributed by atoms with Crippen LogP contribution in [0.2, 0.25) is 5.02 Å². The predicted molar refractivity (Wildman–Crippen MR) is 61.4 cm³/mol. The highest BCUT2D eigenvalue weighted by atomic mass is 35.5. The minimum atomic E-state index is -1.62. The molecule has 0 saturated carbocycles. The largest absolute Gasteiger partial charge is 0.466 e. The molecule has 2 unspecified atom stereocenters. The molecule has 0 radical (unpaired) electrons. The van der Waals surface area contributed by atoms with Crippen molar-refractivity contribution >= 4 is 17.6 Å². The van der Waals surface area contributed by atoms with E-state index in [9.17, 15) is 19.4 Å². The number of pyridine rings is 1. The second-order valence-corrected chi connectivity index (χ2v) is 3.98. The number of ether oxygens (including phenoxy) is 1. The monoisotopic (exact) mass is 277 g/mol. The average Bonchev–Trinajstić information content (AvgIpc) is 2.28. The Balaban J connectivity index is 2.73. The van der Waals surface area contributed by atoms with Crippen LogP contribution in [-0.2, 0) is 9.53 Å². The zero-order valence-electron chi connectivity index (χ0n) is 9.64. The number of halogens is 2. The summed E-state index contributed by atoms with van der Waals surface area (Å²) in [6.07, 6.45) is -2.42. The fraction of sp³-hybridized carbons (Fsp3) is 0.455. The maximum atomic E-state index is 13.4. The highest BCUT2D eigenvalue weighted by Crippen LogP contribution is 2.22. The number of hydrogen-bond donors (Lipinski definition) is 2. The number of hydrogen-bond acceptors (Lipinski definition) is 5. The van der Waals surface area contributed by atoms with Gasteiger partial charge in [-0.25, -0.2) is 4.39 Å². The van der Waals surface area contributed by atoms with Gasteiger partial charge in [-0.3, -0.25) is 9.78 Å². The number of rotatable bonds is 5. The van der Waals surface area contributed by atoms with Crippen LogP contribution in [-0.4, -0.2) is 33.9 Å². The molecule has 2 atom stereocenters. The van der Waals surface area contributed by atoms with E-state index in [1.165, 1.54) is 0 Å². The van der Waals surface area contributed by atoms with Gasteiger partial charge in [0.05, 0.1) is 24.2 Å². The lowest BCUT2D eigenvalue weighted by molar-refractivity contribution is -0.147. The number of aliphatic hydroxyl groups is 2. The predicted octanol–water partition coefficient (Wildman–Crippen LogP) is 1.22. The molecule has 0 saturated heterocycles. The quantitative estimate of drug-likeness (QED) is 0.791. The lowest BCUT2D eigenvalue weighted by Crippen LogP contribution is -2.24. The van der Waals surface area contributed by atoms with Crippen LogP contribution in [0.15, 0.2) is 12.3 Å². The Morgan fingerprint density at radius 3 is 2.83 bits per heavy atom. The van der Waals surface area contributed by atoms with Gasteiger partial charge in [-0.05, 0) is 13.0 Å². The van der Waals surface area contributed by atoms with E-state index in [0.29, 0.717) is 0 Å². The number of carbonyl (C=O) groups is 1. The van der Waals surface area contributed by atoms with Crippen LogP contribution in [0.25, 0.3) is 0 Å². The van der Waals surface area contributed by atoms with E-state index in [1.54, 1.807) is 6.92 Å². The molecule has 1 aromatic rings. The topological polar surface area (TPSA) is 79.7 Å². The fourth-order valence-corrected chi connectivity index (χ4v) is 1.47. The molecule has 0 aliphatic rings. The summed E-state index contributed by atoms with van der Waals surface area (Å²) in [4.78, 5) is 14.7. The first-order valence-corrected chi connectivity index (χ1v) is 5.66. The van der Waals surface area contributed by atoms with E-state index in [-0.39, 0.29) is 17.3 Å². The second kappa shape index (κ2) is 6.63. The number of esters is 1. The van der Waals surface area contributed by atoms with Gasteiger partial charge in [0.25, 0.3) is 0 Å². The lowest BCUT2D eigenvalue weighted by atomic mass is 10.1. The van der Waals surface area contributed by atoms with Crippen molar-refractivity contribution in [1.29, 1.82) is 0 Å². The summed E-state index contributed by atoms with van der Waals surface area (Å²) in [5.41, 5.74) is -0.365. The van der Waals surface area contributed by atoms with Gasteiger partial charge in [0.15, 0.2) is 0 Å². The van der Waals surface area contributed by atoms with Crippen LogP contribution in [0.4, 0.5) is 4.39 Å². The molecule has 2 N–H and O–H groups in total. The minimum Gasteiger partial charge on any atom is -0.466 e. The van der Waals surface area contributed by atoms with Crippen LogP contribution in [0, 0.1) is 5.82 Å². The summed E-state index contributed by atoms with van der Waals surface area (Å²) >= 11 is 5.51. The number of carbonyl (C=O) groups excluding carboxylic acids is 1. The smallest absolute Gasteiger partial charge is 0.308 e. The Morgan fingerprint density at radius 2 is 2.28 bits per heavy atom. The van der Waals surface area contributed by atoms with Crippen LogP contribution < -0.4 is 0 Å².